The Morgan fingerprint density at radius 1 is 1.25 bits per heavy atom. The standard InChI is InChI=1S/C17H22Cl2N4O/c1-9(14-7-6-13(18)8-15(14)19)20-11(3)17(24)21-16-10(2)22-23(5)12(16)4/h6-9,11,20H,1-5H3,(H,21,24). The molecule has 1 aromatic heterocycles. The largest absolute Gasteiger partial charge is 0.322 e. The van der Waals surface area contributed by atoms with Crippen LogP contribution in [0.3, 0.4) is 0 Å². The maximum Gasteiger partial charge on any atom is 0.241 e. The van der Waals surface area contributed by atoms with E-state index in [-0.39, 0.29) is 11.9 Å². The van der Waals surface area contributed by atoms with Gasteiger partial charge in [0.1, 0.15) is 0 Å². The molecule has 24 heavy (non-hydrogen) atoms. The molecule has 0 bridgehead atoms. The minimum Gasteiger partial charge on any atom is -0.322 e. The Labute approximate surface area is 152 Å². The number of hydrogen-bond acceptors (Lipinski definition) is 3. The first kappa shape index (κ1) is 18.8. The molecule has 2 N–H and O–H groups in total. The number of hydrogen-bond donors (Lipinski definition) is 2. The van der Waals surface area contributed by atoms with Gasteiger partial charge in [-0.15, -0.1) is 0 Å². The molecule has 7 heteroatoms. The number of rotatable bonds is 5. The number of halogens is 2. The second kappa shape index (κ2) is 7.55. The molecular weight excluding hydrogens is 347 g/mol. The van der Waals surface area contributed by atoms with Gasteiger partial charge in [0.2, 0.25) is 5.91 Å². The van der Waals surface area contributed by atoms with E-state index in [9.17, 15) is 4.79 Å². The molecule has 1 heterocycles. The molecule has 0 fully saturated rings. The van der Waals surface area contributed by atoms with Crippen LogP contribution in [0.25, 0.3) is 0 Å². The average molecular weight is 369 g/mol. The minimum atomic E-state index is -0.397. The second-order valence-corrected chi connectivity index (χ2v) is 6.78. The number of amides is 1. The Balaban J connectivity index is 2.05. The van der Waals surface area contributed by atoms with Crippen molar-refractivity contribution in [2.75, 3.05) is 5.32 Å². The van der Waals surface area contributed by atoms with Crippen molar-refractivity contribution < 1.29 is 4.79 Å². The van der Waals surface area contributed by atoms with Crippen LogP contribution in [0.5, 0.6) is 0 Å². The van der Waals surface area contributed by atoms with Crippen molar-refractivity contribution in [2.45, 2.75) is 39.8 Å². The number of carbonyl (C=O) groups excluding carboxylic acids is 1. The van der Waals surface area contributed by atoms with Crippen LogP contribution in [0.15, 0.2) is 18.2 Å². The third-order valence-electron chi connectivity index (χ3n) is 4.08. The van der Waals surface area contributed by atoms with Gasteiger partial charge in [0, 0.05) is 23.1 Å². The van der Waals surface area contributed by atoms with Gasteiger partial charge in [-0.2, -0.15) is 5.10 Å². The van der Waals surface area contributed by atoms with E-state index >= 15 is 0 Å². The first-order chi connectivity index (χ1) is 11.2. The summed E-state index contributed by atoms with van der Waals surface area (Å²) in [5.74, 6) is -0.119. The lowest BCUT2D eigenvalue weighted by Gasteiger charge is -2.21. The molecule has 2 rings (SSSR count). The van der Waals surface area contributed by atoms with Crippen LogP contribution < -0.4 is 10.6 Å². The predicted octanol–water partition coefficient (Wildman–Crippen LogP) is 4.02. The zero-order valence-corrected chi connectivity index (χ0v) is 16.0. The Bertz CT molecular complexity index is 757. The molecule has 5 nitrogen and oxygen atoms in total. The lowest BCUT2D eigenvalue weighted by Crippen LogP contribution is -2.39. The molecule has 0 radical (unpaired) electrons. The van der Waals surface area contributed by atoms with E-state index in [1.165, 1.54) is 0 Å². The molecule has 0 saturated carbocycles. The van der Waals surface area contributed by atoms with Crippen LogP contribution in [-0.2, 0) is 11.8 Å². The van der Waals surface area contributed by atoms with Crippen molar-refractivity contribution in [3.63, 3.8) is 0 Å². The summed E-state index contributed by atoms with van der Waals surface area (Å²) >= 11 is 12.1. The zero-order chi connectivity index (χ0) is 18.0. The van der Waals surface area contributed by atoms with Crippen LogP contribution in [0, 0.1) is 13.8 Å². The topological polar surface area (TPSA) is 59.0 Å². The van der Waals surface area contributed by atoms with E-state index < -0.39 is 6.04 Å². The van der Waals surface area contributed by atoms with E-state index in [1.807, 2.05) is 40.8 Å². The highest BCUT2D eigenvalue weighted by molar-refractivity contribution is 6.35. The molecule has 2 atom stereocenters. The molecule has 0 aliphatic carbocycles. The van der Waals surface area contributed by atoms with Gasteiger partial charge in [0.05, 0.1) is 23.1 Å². The second-order valence-electron chi connectivity index (χ2n) is 5.93. The Hall–Kier alpha value is -1.56. The fourth-order valence-electron chi connectivity index (χ4n) is 2.58. The summed E-state index contributed by atoms with van der Waals surface area (Å²) in [6, 6.07) is 4.86. The van der Waals surface area contributed by atoms with E-state index in [2.05, 4.69) is 15.7 Å². The summed E-state index contributed by atoms with van der Waals surface area (Å²) in [5.41, 5.74) is 3.37. The third-order valence-corrected chi connectivity index (χ3v) is 4.64. The Morgan fingerprint density at radius 2 is 1.92 bits per heavy atom. The number of anilines is 1. The average Bonchev–Trinajstić information content (AvgIpc) is 2.73. The molecule has 2 unspecified atom stereocenters. The minimum absolute atomic E-state index is 0.0911. The van der Waals surface area contributed by atoms with E-state index in [0.717, 1.165) is 22.6 Å². The maximum atomic E-state index is 12.5. The quantitative estimate of drug-likeness (QED) is 0.837. The number of benzene rings is 1. The summed E-state index contributed by atoms with van der Waals surface area (Å²) in [5, 5.41) is 11.7. The van der Waals surface area contributed by atoms with Crippen molar-refractivity contribution in [3.8, 4) is 0 Å². The lowest BCUT2D eigenvalue weighted by molar-refractivity contribution is -0.117. The van der Waals surface area contributed by atoms with E-state index in [1.54, 1.807) is 16.8 Å². The van der Waals surface area contributed by atoms with Gasteiger partial charge in [-0.05, 0) is 45.4 Å². The van der Waals surface area contributed by atoms with Crippen molar-refractivity contribution in [1.29, 1.82) is 0 Å². The molecule has 0 saturated heterocycles. The van der Waals surface area contributed by atoms with Crippen LogP contribution in [-0.4, -0.2) is 21.7 Å². The first-order valence-corrected chi connectivity index (χ1v) is 8.48. The van der Waals surface area contributed by atoms with Gasteiger partial charge in [-0.1, -0.05) is 29.3 Å². The number of carbonyl (C=O) groups is 1. The lowest BCUT2D eigenvalue weighted by atomic mass is 10.1. The summed E-state index contributed by atoms with van der Waals surface area (Å²) in [4.78, 5) is 12.5. The Kier molecular flexibility index (Phi) is 5.91. The zero-order valence-electron chi connectivity index (χ0n) is 14.4. The third kappa shape index (κ3) is 4.09. The molecule has 0 aliphatic heterocycles. The summed E-state index contributed by atoms with van der Waals surface area (Å²) < 4.78 is 1.75. The van der Waals surface area contributed by atoms with Crippen LogP contribution in [0.2, 0.25) is 10.0 Å². The van der Waals surface area contributed by atoms with Crippen molar-refractivity contribution >= 4 is 34.8 Å². The summed E-state index contributed by atoms with van der Waals surface area (Å²) in [7, 11) is 1.85. The normalized spacial score (nSPS) is 13.6. The van der Waals surface area contributed by atoms with Gasteiger partial charge in [0.25, 0.3) is 0 Å². The number of nitrogens with zero attached hydrogens (tertiary/aromatic N) is 2. The highest BCUT2D eigenvalue weighted by atomic mass is 35.5. The van der Waals surface area contributed by atoms with Gasteiger partial charge >= 0.3 is 0 Å². The molecule has 0 aliphatic rings. The molecule has 130 valence electrons. The number of nitrogens with one attached hydrogen (secondary N) is 2. The smallest absolute Gasteiger partial charge is 0.241 e. The van der Waals surface area contributed by atoms with Crippen molar-refractivity contribution in [3.05, 3.63) is 45.2 Å². The first-order valence-electron chi connectivity index (χ1n) is 7.72. The van der Waals surface area contributed by atoms with Crippen LogP contribution in [0.4, 0.5) is 5.69 Å². The molecule has 0 spiro atoms. The summed E-state index contributed by atoms with van der Waals surface area (Å²) in [6.07, 6.45) is 0. The van der Waals surface area contributed by atoms with Crippen molar-refractivity contribution in [2.24, 2.45) is 7.05 Å². The van der Waals surface area contributed by atoms with Crippen molar-refractivity contribution in [1.82, 2.24) is 15.1 Å². The van der Waals surface area contributed by atoms with Gasteiger partial charge in [-0.25, -0.2) is 0 Å². The van der Waals surface area contributed by atoms with Gasteiger partial charge in [-0.3, -0.25) is 14.8 Å². The maximum absolute atomic E-state index is 12.5. The van der Waals surface area contributed by atoms with E-state index in [0.29, 0.717) is 10.0 Å². The number of aryl methyl sites for hydroxylation is 2. The molecule has 1 amide bonds. The van der Waals surface area contributed by atoms with Crippen LogP contribution >= 0.6 is 23.2 Å². The monoisotopic (exact) mass is 368 g/mol. The fraction of sp³-hybridized carbons (Fsp3) is 0.412. The SMILES string of the molecule is Cc1nn(C)c(C)c1NC(=O)C(C)NC(C)c1ccc(Cl)cc1Cl. The molecule has 2 aromatic rings. The van der Waals surface area contributed by atoms with E-state index in [4.69, 9.17) is 23.2 Å². The van der Waals surface area contributed by atoms with Gasteiger partial charge < -0.3 is 5.32 Å². The number of aromatic nitrogens is 2. The van der Waals surface area contributed by atoms with Gasteiger partial charge in [0.15, 0.2) is 0 Å². The highest BCUT2D eigenvalue weighted by Crippen LogP contribution is 2.26. The van der Waals surface area contributed by atoms with Crippen LogP contribution in [0.1, 0.15) is 36.8 Å². The highest BCUT2D eigenvalue weighted by Gasteiger charge is 2.20. The molecule has 1 aromatic carbocycles. The molecular formula is C17H22Cl2N4O. The Morgan fingerprint density at radius 3 is 2.46 bits per heavy atom. The fourth-order valence-corrected chi connectivity index (χ4v) is 3.15. The summed E-state index contributed by atoms with van der Waals surface area (Å²) in [6.45, 7) is 7.57. The predicted molar refractivity (Wildman–Crippen MR) is 98.8 cm³/mol.